The summed E-state index contributed by atoms with van der Waals surface area (Å²) in [4.78, 5) is 0. The molecule has 0 bridgehead atoms. The molecule has 0 spiro atoms. The number of phenolic OH excluding ortho intramolecular Hbond substituents is 1. The van der Waals surface area contributed by atoms with Crippen LogP contribution in [0.2, 0.25) is 10.0 Å². The minimum absolute atomic E-state index is 0.0741. The molecule has 0 saturated heterocycles. The highest BCUT2D eigenvalue weighted by Gasteiger charge is 2.38. The summed E-state index contributed by atoms with van der Waals surface area (Å²) >= 11 is 12.0. The minimum atomic E-state index is -0.0741. The molecular formula is C17H17Cl2NO. The van der Waals surface area contributed by atoms with Crippen LogP contribution in [0.3, 0.4) is 0 Å². The molecule has 2 aromatic carbocycles. The predicted molar refractivity (Wildman–Crippen MR) is 88.4 cm³/mol. The fourth-order valence-electron chi connectivity index (χ4n) is 3.08. The van der Waals surface area contributed by atoms with E-state index in [-0.39, 0.29) is 27.3 Å². The summed E-state index contributed by atoms with van der Waals surface area (Å²) < 4.78 is 0. The standard InChI is InChI=1S/C17H17Cl2NO/c1-17(2)9-10-5-3-4-6-12(10)16(17)20-11-7-13(18)15(21)14(19)8-11/h3-8,16,20-21H,9H2,1-2H3. The van der Waals surface area contributed by atoms with Crippen molar-refractivity contribution in [2.24, 2.45) is 5.41 Å². The van der Waals surface area contributed by atoms with Gasteiger partial charge >= 0.3 is 0 Å². The van der Waals surface area contributed by atoms with Gasteiger partial charge in [0.2, 0.25) is 0 Å². The average molecular weight is 322 g/mol. The molecule has 0 radical (unpaired) electrons. The first kappa shape index (κ1) is 14.6. The largest absolute Gasteiger partial charge is 0.505 e. The maximum absolute atomic E-state index is 9.66. The van der Waals surface area contributed by atoms with E-state index in [1.165, 1.54) is 11.1 Å². The Morgan fingerprint density at radius 3 is 2.43 bits per heavy atom. The highest BCUT2D eigenvalue weighted by molar-refractivity contribution is 6.37. The second kappa shape index (κ2) is 5.11. The summed E-state index contributed by atoms with van der Waals surface area (Å²) in [6.45, 7) is 4.49. The monoisotopic (exact) mass is 321 g/mol. The first-order chi connectivity index (χ1) is 9.88. The summed E-state index contributed by atoms with van der Waals surface area (Å²) in [6, 6.07) is 12.1. The molecule has 1 aliphatic rings. The van der Waals surface area contributed by atoms with E-state index >= 15 is 0 Å². The predicted octanol–water partition coefficient (Wildman–Crippen LogP) is 5.43. The number of fused-ring (bicyclic) bond motifs is 1. The zero-order valence-corrected chi connectivity index (χ0v) is 13.5. The maximum Gasteiger partial charge on any atom is 0.152 e. The third-order valence-corrected chi connectivity index (χ3v) is 4.70. The lowest BCUT2D eigenvalue weighted by molar-refractivity contribution is 0.337. The quantitative estimate of drug-likeness (QED) is 0.722. The Kier molecular flexibility index (Phi) is 3.54. The molecule has 1 atom stereocenters. The maximum atomic E-state index is 9.66. The second-order valence-electron chi connectivity index (χ2n) is 6.23. The van der Waals surface area contributed by atoms with Gasteiger partial charge in [0.1, 0.15) is 0 Å². The number of benzene rings is 2. The molecule has 0 aromatic heterocycles. The molecule has 2 aromatic rings. The van der Waals surface area contributed by atoms with E-state index in [1.807, 2.05) is 0 Å². The van der Waals surface area contributed by atoms with Crippen molar-refractivity contribution in [1.29, 1.82) is 0 Å². The van der Waals surface area contributed by atoms with E-state index in [1.54, 1.807) is 12.1 Å². The molecule has 110 valence electrons. The Hall–Kier alpha value is -1.38. The molecule has 0 heterocycles. The SMILES string of the molecule is CC1(C)Cc2ccccc2C1Nc1cc(Cl)c(O)c(Cl)c1. The first-order valence-electron chi connectivity index (χ1n) is 6.91. The zero-order valence-electron chi connectivity index (χ0n) is 12.0. The normalized spacial score (nSPS) is 19.3. The van der Waals surface area contributed by atoms with Crippen molar-refractivity contribution in [2.75, 3.05) is 5.32 Å². The van der Waals surface area contributed by atoms with Crippen LogP contribution in [0.4, 0.5) is 5.69 Å². The minimum Gasteiger partial charge on any atom is -0.505 e. The van der Waals surface area contributed by atoms with Gasteiger partial charge in [0, 0.05) is 5.69 Å². The Morgan fingerprint density at radius 2 is 1.76 bits per heavy atom. The van der Waals surface area contributed by atoms with Gasteiger partial charge < -0.3 is 10.4 Å². The average Bonchev–Trinajstić information content (AvgIpc) is 2.67. The third kappa shape index (κ3) is 2.58. The van der Waals surface area contributed by atoms with E-state index in [9.17, 15) is 5.11 Å². The molecule has 0 saturated carbocycles. The zero-order chi connectivity index (χ0) is 15.2. The number of anilines is 1. The van der Waals surface area contributed by atoms with Crippen LogP contribution in [0.15, 0.2) is 36.4 Å². The molecule has 1 unspecified atom stereocenters. The number of halogens is 2. The van der Waals surface area contributed by atoms with Gasteiger partial charge in [-0.25, -0.2) is 0 Å². The number of hydrogen-bond acceptors (Lipinski definition) is 2. The highest BCUT2D eigenvalue weighted by Crippen LogP contribution is 2.47. The first-order valence-corrected chi connectivity index (χ1v) is 7.66. The lowest BCUT2D eigenvalue weighted by Crippen LogP contribution is -2.24. The van der Waals surface area contributed by atoms with Crippen molar-refractivity contribution in [2.45, 2.75) is 26.3 Å². The summed E-state index contributed by atoms with van der Waals surface area (Å²) in [7, 11) is 0. The van der Waals surface area contributed by atoms with Gasteiger partial charge in [-0.15, -0.1) is 0 Å². The van der Waals surface area contributed by atoms with Gasteiger partial charge in [0.05, 0.1) is 16.1 Å². The molecule has 0 aliphatic heterocycles. The van der Waals surface area contributed by atoms with Gasteiger partial charge in [-0.3, -0.25) is 0 Å². The van der Waals surface area contributed by atoms with E-state index < -0.39 is 0 Å². The van der Waals surface area contributed by atoms with Gasteiger partial charge in [-0.05, 0) is 35.1 Å². The summed E-state index contributed by atoms with van der Waals surface area (Å²) in [5, 5.41) is 13.7. The van der Waals surface area contributed by atoms with Crippen molar-refractivity contribution >= 4 is 28.9 Å². The Labute approximate surface area is 134 Å². The van der Waals surface area contributed by atoms with Crippen LogP contribution >= 0.6 is 23.2 Å². The van der Waals surface area contributed by atoms with Crippen LogP contribution < -0.4 is 5.32 Å². The Balaban J connectivity index is 1.97. The fraction of sp³-hybridized carbons (Fsp3) is 0.294. The Morgan fingerprint density at radius 1 is 1.14 bits per heavy atom. The number of hydrogen-bond donors (Lipinski definition) is 2. The van der Waals surface area contributed by atoms with Crippen LogP contribution in [-0.2, 0) is 6.42 Å². The second-order valence-corrected chi connectivity index (χ2v) is 7.04. The van der Waals surface area contributed by atoms with Crippen LogP contribution in [0, 0.1) is 5.41 Å². The van der Waals surface area contributed by atoms with Crippen LogP contribution in [0.25, 0.3) is 0 Å². The van der Waals surface area contributed by atoms with Crippen LogP contribution in [0.5, 0.6) is 5.75 Å². The molecule has 0 amide bonds. The lowest BCUT2D eigenvalue weighted by Gasteiger charge is -2.29. The summed E-state index contributed by atoms with van der Waals surface area (Å²) in [5.74, 6) is -0.0741. The number of rotatable bonds is 2. The van der Waals surface area contributed by atoms with Crippen molar-refractivity contribution in [3.8, 4) is 5.75 Å². The molecule has 21 heavy (non-hydrogen) atoms. The lowest BCUT2D eigenvalue weighted by atomic mass is 9.85. The van der Waals surface area contributed by atoms with Crippen LogP contribution in [-0.4, -0.2) is 5.11 Å². The van der Waals surface area contributed by atoms with Gasteiger partial charge in [-0.2, -0.15) is 0 Å². The van der Waals surface area contributed by atoms with Crippen molar-refractivity contribution in [3.05, 3.63) is 57.6 Å². The van der Waals surface area contributed by atoms with Gasteiger partial charge in [-0.1, -0.05) is 61.3 Å². The van der Waals surface area contributed by atoms with Gasteiger partial charge in [0.25, 0.3) is 0 Å². The molecule has 1 aliphatic carbocycles. The highest BCUT2D eigenvalue weighted by atomic mass is 35.5. The number of phenols is 1. The van der Waals surface area contributed by atoms with E-state index in [0.29, 0.717) is 0 Å². The number of aromatic hydroxyl groups is 1. The third-order valence-electron chi connectivity index (χ3n) is 4.12. The van der Waals surface area contributed by atoms with Crippen LogP contribution in [0.1, 0.15) is 31.0 Å². The summed E-state index contributed by atoms with van der Waals surface area (Å²) in [5.41, 5.74) is 3.59. The van der Waals surface area contributed by atoms with Crippen molar-refractivity contribution in [1.82, 2.24) is 0 Å². The molecule has 0 fully saturated rings. The van der Waals surface area contributed by atoms with E-state index in [2.05, 4.69) is 43.4 Å². The smallest absolute Gasteiger partial charge is 0.152 e. The fourth-order valence-corrected chi connectivity index (χ4v) is 3.57. The van der Waals surface area contributed by atoms with Crippen molar-refractivity contribution in [3.63, 3.8) is 0 Å². The molecule has 3 rings (SSSR count). The molecular weight excluding hydrogens is 305 g/mol. The van der Waals surface area contributed by atoms with E-state index in [4.69, 9.17) is 23.2 Å². The Bertz CT molecular complexity index is 674. The van der Waals surface area contributed by atoms with Gasteiger partial charge in [0.15, 0.2) is 5.75 Å². The molecule has 2 N–H and O–H groups in total. The summed E-state index contributed by atoms with van der Waals surface area (Å²) in [6.07, 6.45) is 1.03. The molecule has 4 heteroatoms. The van der Waals surface area contributed by atoms with E-state index in [0.717, 1.165) is 12.1 Å². The molecule has 2 nitrogen and oxygen atoms in total. The van der Waals surface area contributed by atoms with Crippen molar-refractivity contribution < 1.29 is 5.11 Å². The number of nitrogens with one attached hydrogen (secondary N) is 1. The topological polar surface area (TPSA) is 32.3 Å².